The first-order valence-electron chi connectivity index (χ1n) is 23.3. The van der Waals surface area contributed by atoms with E-state index in [2.05, 4.69) is 236 Å². The molecule has 1 N–H and O–H groups in total. The first-order chi connectivity index (χ1) is 31.2. The first kappa shape index (κ1) is 43.0. The van der Waals surface area contributed by atoms with Crippen LogP contribution in [0.2, 0.25) is 0 Å². The van der Waals surface area contributed by atoms with Crippen molar-refractivity contribution in [2.45, 2.75) is 105 Å². The van der Waals surface area contributed by atoms with Crippen molar-refractivity contribution in [3.8, 4) is 45.6 Å². The Morgan fingerprint density at radius 1 is 0.439 bits per heavy atom. The lowest BCUT2D eigenvalue weighted by Gasteiger charge is -2.27. The second-order valence-electron chi connectivity index (χ2n) is 22.3. The van der Waals surface area contributed by atoms with Gasteiger partial charge in [0.1, 0.15) is 11.6 Å². The summed E-state index contributed by atoms with van der Waals surface area (Å²) >= 11 is 0. The summed E-state index contributed by atoms with van der Waals surface area (Å²) < 4.78 is 6.85. The molecule has 0 atom stereocenters. The van der Waals surface area contributed by atoms with Gasteiger partial charge in [0.2, 0.25) is 0 Å². The van der Waals surface area contributed by atoms with E-state index in [1.807, 2.05) is 6.20 Å². The third kappa shape index (κ3) is 7.18. The van der Waals surface area contributed by atoms with E-state index < -0.39 is 0 Å². The Labute approximate surface area is 389 Å². The molecule has 0 aliphatic rings. The number of fused-ring (bicyclic) bond motifs is 6. The number of phenols is 1. The average molecular weight is 868 g/mol. The molecule has 10 rings (SSSR count). The summed E-state index contributed by atoms with van der Waals surface area (Å²) in [6.07, 6.45) is 4.11. The van der Waals surface area contributed by atoms with Crippen LogP contribution in [-0.2, 0) is 21.7 Å². The number of benzene rings is 6. The topological polar surface area (TPSA) is 60.8 Å². The molecule has 0 saturated heterocycles. The van der Waals surface area contributed by atoms with Gasteiger partial charge in [-0.2, -0.15) is 0 Å². The molecule has 0 radical (unpaired) electrons. The summed E-state index contributed by atoms with van der Waals surface area (Å²) in [6, 6.07) is 48.2. The van der Waals surface area contributed by atoms with Gasteiger partial charge in [-0.25, -0.2) is 9.97 Å². The fraction of sp³-hybridized carbons (Fsp3) is 0.267. The van der Waals surface area contributed by atoms with E-state index in [0.29, 0.717) is 11.4 Å². The van der Waals surface area contributed by atoms with Crippen molar-refractivity contribution >= 4 is 43.6 Å². The van der Waals surface area contributed by atoms with Crippen LogP contribution < -0.4 is 0 Å². The molecule has 6 aromatic carbocycles. The summed E-state index contributed by atoms with van der Waals surface area (Å²) in [4.78, 5) is 10.7. The number of hydrogen-bond acceptors (Lipinski definition) is 3. The van der Waals surface area contributed by atoms with Crippen LogP contribution >= 0.6 is 0 Å². The van der Waals surface area contributed by atoms with Gasteiger partial charge in [-0.05, 0) is 98.5 Å². The van der Waals surface area contributed by atoms with E-state index in [9.17, 15) is 5.11 Å². The quantitative estimate of drug-likeness (QED) is 0.187. The van der Waals surface area contributed by atoms with Crippen molar-refractivity contribution in [2.75, 3.05) is 0 Å². The number of hydrogen-bond donors (Lipinski definition) is 1. The highest BCUT2D eigenvalue weighted by atomic mass is 16.3. The van der Waals surface area contributed by atoms with Gasteiger partial charge in [-0.1, -0.05) is 162 Å². The number of pyridine rings is 1. The Hall–Kier alpha value is -6.92. The van der Waals surface area contributed by atoms with Crippen molar-refractivity contribution < 1.29 is 5.11 Å². The minimum atomic E-state index is -0.332. The molecule has 0 unspecified atom stereocenters. The average Bonchev–Trinajstić information content (AvgIpc) is 3.94. The summed E-state index contributed by atoms with van der Waals surface area (Å²) in [5.74, 6) is 2.56. The van der Waals surface area contributed by atoms with Crippen LogP contribution in [0.5, 0.6) is 5.75 Å². The van der Waals surface area contributed by atoms with Crippen LogP contribution in [0.4, 0.5) is 0 Å². The Balaban J connectivity index is 1.33. The minimum absolute atomic E-state index is 0.0470. The summed E-state index contributed by atoms with van der Waals surface area (Å²) in [5.41, 5.74) is 12.0. The number of aromatic nitrogens is 5. The highest BCUT2D eigenvalue weighted by Gasteiger charge is 2.30. The van der Waals surface area contributed by atoms with E-state index in [1.54, 1.807) is 0 Å². The zero-order valence-electron chi connectivity index (χ0n) is 40.5. The molecule has 4 heterocycles. The molecule has 0 aliphatic heterocycles. The molecule has 6 heteroatoms. The van der Waals surface area contributed by atoms with Crippen molar-refractivity contribution in [1.82, 2.24) is 23.7 Å². The number of rotatable bonds is 5. The van der Waals surface area contributed by atoms with Crippen LogP contribution in [0, 0.1) is 0 Å². The van der Waals surface area contributed by atoms with Gasteiger partial charge in [0, 0.05) is 38.9 Å². The Kier molecular flexibility index (Phi) is 9.81. The molecule has 0 bridgehead atoms. The fourth-order valence-corrected chi connectivity index (χ4v) is 9.65. The zero-order valence-corrected chi connectivity index (χ0v) is 40.5. The zero-order chi connectivity index (χ0) is 46.7. The van der Waals surface area contributed by atoms with Gasteiger partial charge < -0.3 is 5.11 Å². The lowest BCUT2D eigenvalue weighted by Crippen LogP contribution is -2.17. The van der Waals surface area contributed by atoms with Crippen LogP contribution in [0.15, 0.2) is 146 Å². The van der Waals surface area contributed by atoms with Crippen LogP contribution in [0.3, 0.4) is 0 Å². The van der Waals surface area contributed by atoms with Crippen molar-refractivity contribution in [2.24, 2.45) is 0 Å². The summed E-state index contributed by atoms with van der Waals surface area (Å²) in [7, 11) is 0. The second-order valence-corrected chi connectivity index (χ2v) is 22.3. The van der Waals surface area contributed by atoms with Gasteiger partial charge in [-0.15, -0.1) is 0 Å². The number of aromatic hydroxyl groups is 1. The third-order valence-corrected chi connectivity index (χ3v) is 13.5. The molecule has 0 aliphatic carbocycles. The molecule has 66 heavy (non-hydrogen) atoms. The number of nitrogens with zero attached hydrogens (tertiary/aromatic N) is 5. The first-order valence-corrected chi connectivity index (χ1v) is 23.3. The minimum Gasteiger partial charge on any atom is -0.507 e. The number of imidazole rings is 1. The summed E-state index contributed by atoms with van der Waals surface area (Å²) in [6.45, 7) is 26.7. The molecule has 0 amide bonds. The van der Waals surface area contributed by atoms with E-state index in [-0.39, 0.29) is 27.4 Å². The standard InChI is InChI=1S/C60H61N5O/c1-57(2,3)38-26-27-48(43(30-38)37-20-14-13-15-21-37)63-36-54(62-56(63)46-31-40(59(7,8)9)32-47(55(46)66)60(10,11)12)65-50-25-19-17-23-42(50)45-34-44-41-22-16-18-24-49(41)64(51(44)35-52(45)65)53-33-39(28-29-61-53)58(4,5)6/h13-36,66H,1-12H3. The number of phenolic OH excluding ortho intramolecular Hbond substituents is 1. The lowest BCUT2D eigenvalue weighted by molar-refractivity contribution is 0.446. The van der Waals surface area contributed by atoms with Crippen molar-refractivity contribution in [3.05, 3.63) is 168 Å². The molecular weight excluding hydrogens is 807 g/mol. The van der Waals surface area contributed by atoms with E-state index in [0.717, 1.165) is 72.4 Å². The second kappa shape index (κ2) is 15.1. The highest BCUT2D eigenvalue weighted by molar-refractivity contribution is 6.19. The van der Waals surface area contributed by atoms with Crippen LogP contribution in [0.1, 0.15) is 105 Å². The molecule has 4 aromatic heterocycles. The van der Waals surface area contributed by atoms with Crippen LogP contribution in [-0.4, -0.2) is 28.8 Å². The van der Waals surface area contributed by atoms with E-state index in [4.69, 9.17) is 9.97 Å². The molecule has 0 spiro atoms. The maximum atomic E-state index is 12.6. The van der Waals surface area contributed by atoms with Crippen molar-refractivity contribution in [1.29, 1.82) is 0 Å². The monoisotopic (exact) mass is 867 g/mol. The normalized spacial score (nSPS) is 12.9. The predicted molar refractivity (Wildman–Crippen MR) is 277 cm³/mol. The Morgan fingerprint density at radius 3 is 1.58 bits per heavy atom. The Bertz CT molecular complexity index is 3520. The molecule has 6 nitrogen and oxygen atoms in total. The fourth-order valence-electron chi connectivity index (χ4n) is 9.65. The smallest absolute Gasteiger partial charge is 0.156 e. The van der Waals surface area contributed by atoms with Crippen LogP contribution in [0.25, 0.3) is 83.4 Å². The lowest BCUT2D eigenvalue weighted by atomic mass is 9.79. The predicted octanol–water partition coefficient (Wildman–Crippen LogP) is 15.7. The SMILES string of the molecule is CC(C)(C)c1ccnc(-n2c3ccccc3c3cc4c5ccccc5n(-c5cn(-c6ccc(C(C)(C)C)cc6-c6ccccc6)c(-c6cc(C(C)(C)C)cc(C(C)(C)C)c6O)n5)c4cc32)c1. The molecule has 0 fully saturated rings. The molecule has 332 valence electrons. The summed E-state index contributed by atoms with van der Waals surface area (Å²) in [5, 5.41) is 17.2. The van der Waals surface area contributed by atoms with E-state index in [1.165, 1.54) is 21.9 Å². The van der Waals surface area contributed by atoms with Gasteiger partial charge in [0.25, 0.3) is 0 Å². The maximum Gasteiger partial charge on any atom is 0.156 e. The van der Waals surface area contributed by atoms with E-state index >= 15 is 0 Å². The molecular formula is C60H61N5O. The van der Waals surface area contributed by atoms with Crippen molar-refractivity contribution in [3.63, 3.8) is 0 Å². The maximum absolute atomic E-state index is 12.6. The largest absolute Gasteiger partial charge is 0.507 e. The molecule has 10 aromatic rings. The highest BCUT2D eigenvalue weighted by Crippen LogP contribution is 2.45. The van der Waals surface area contributed by atoms with Gasteiger partial charge >= 0.3 is 0 Å². The number of para-hydroxylation sites is 2. The van der Waals surface area contributed by atoms with Gasteiger partial charge in [0.15, 0.2) is 11.6 Å². The molecule has 0 saturated carbocycles. The van der Waals surface area contributed by atoms with Gasteiger partial charge in [-0.3, -0.25) is 13.7 Å². The Morgan fingerprint density at radius 2 is 0.985 bits per heavy atom. The third-order valence-electron chi connectivity index (χ3n) is 13.5. The van der Waals surface area contributed by atoms with Gasteiger partial charge in [0.05, 0.1) is 39.5 Å².